The van der Waals surface area contributed by atoms with Gasteiger partial charge >= 0.3 is 0 Å². The van der Waals surface area contributed by atoms with Gasteiger partial charge in [0.05, 0.1) is 16.6 Å². The van der Waals surface area contributed by atoms with E-state index in [4.69, 9.17) is 4.52 Å². The molecule has 0 aliphatic carbocycles. The highest BCUT2D eigenvalue weighted by molar-refractivity contribution is 6.06. The van der Waals surface area contributed by atoms with Crippen LogP contribution in [0.2, 0.25) is 0 Å². The van der Waals surface area contributed by atoms with E-state index >= 15 is 0 Å². The number of carbonyl (C=O) groups is 1. The van der Waals surface area contributed by atoms with Gasteiger partial charge in [-0.3, -0.25) is 4.79 Å². The molecule has 3 heterocycles. The quantitative estimate of drug-likeness (QED) is 0.691. The molecule has 1 aliphatic rings. The molecular formula is C22H26N4O2. The minimum Gasteiger partial charge on any atom is -0.368 e. The summed E-state index contributed by atoms with van der Waals surface area (Å²) in [5.41, 5.74) is 5.13. The first-order chi connectivity index (χ1) is 13.4. The number of anilines is 1. The average molecular weight is 378 g/mol. The van der Waals surface area contributed by atoms with Gasteiger partial charge in [-0.15, -0.1) is 0 Å². The van der Waals surface area contributed by atoms with Gasteiger partial charge in [-0.1, -0.05) is 31.1 Å². The first-order valence-corrected chi connectivity index (χ1v) is 9.82. The third-order valence-corrected chi connectivity index (χ3v) is 5.39. The van der Waals surface area contributed by atoms with Crippen molar-refractivity contribution in [2.45, 2.75) is 33.6 Å². The van der Waals surface area contributed by atoms with Crippen molar-refractivity contribution in [2.75, 3.05) is 31.1 Å². The van der Waals surface area contributed by atoms with Crippen LogP contribution in [-0.2, 0) is 0 Å². The highest BCUT2D eigenvalue weighted by Crippen LogP contribution is 2.27. The number of benzene rings is 1. The maximum Gasteiger partial charge on any atom is 0.259 e. The maximum atomic E-state index is 13.3. The number of nitrogens with zero attached hydrogens (tertiary/aromatic N) is 4. The average Bonchev–Trinajstić information content (AvgIpc) is 3.08. The fourth-order valence-electron chi connectivity index (χ4n) is 3.74. The number of rotatable bonds is 3. The van der Waals surface area contributed by atoms with Crippen molar-refractivity contribution in [3.8, 4) is 0 Å². The Balaban J connectivity index is 1.58. The highest BCUT2D eigenvalue weighted by Gasteiger charge is 2.26. The van der Waals surface area contributed by atoms with Gasteiger partial charge in [0.25, 0.3) is 11.6 Å². The van der Waals surface area contributed by atoms with Crippen LogP contribution in [0.3, 0.4) is 0 Å². The lowest BCUT2D eigenvalue weighted by Crippen LogP contribution is -2.48. The van der Waals surface area contributed by atoms with E-state index < -0.39 is 0 Å². The summed E-state index contributed by atoms with van der Waals surface area (Å²) in [4.78, 5) is 22.1. The van der Waals surface area contributed by atoms with Crippen molar-refractivity contribution in [3.05, 3.63) is 52.8 Å². The Hall–Kier alpha value is -2.89. The van der Waals surface area contributed by atoms with Crippen molar-refractivity contribution >= 4 is 22.7 Å². The molecular weight excluding hydrogens is 352 g/mol. The summed E-state index contributed by atoms with van der Waals surface area (Å²) >= 11 is 0. The number of aromatic nitrogens is 2. The first kappa shape index (κ1) is 18.5. The van der Waals surface area contributed by atoms with E-state index in [-0.39, 0.29) is 11.8 Å². The molecule has 1 aliphatic heterocycles. The molecule has 0 N–H and O–H groups in total. The molecule has 146 valence electrons. The van der Waals surface area contributed by atoms with Gasteiger partial charge in [-0.05, 0) is 43.5 Å². The zero-order chi connectivity index (χ0) is 19.8. The second kappa shape index (κ2) is 7.26. The molecule has 1 aromatic carbocycles. The lowest BCUT2D eigenvalue weighted by Gasteiger charge is -2.36. The van der Waals surface area contributed by atoms with Gasteiger partial charge in [0.15, 0.2) is 0 Å². The van der Waals surface area contributed by atoms with Crippen LogP contribution in [0.15, 0.2) is 34.9 Å². The van der Waals surface area contributed by atoms with Crippen LogP contribution < -0.4 is 4.90 Å². The van der Waals surface area contributed by atoms with Crippen molar-refractivity contribution in [1.82, 2.24) is 15.0 Å². The summed E-state index contributed by atoms with van der Waals surface area (Å²) in [5.74, 6) is 0.240. The third-order valence-electron chi connectivity index (χ3n) is 5.39. The Kier molecular flexibility index (Phi) is 4.79. The molecule has 0 saturated carbocycles. The van der Waals surface area contributed by atoms with E-state index in [9.17, 15) is 4.79 Å². The fourth-order valence-corrected chi connectivity index (χ4v) is 3.74. The number of hydrogen-bond donors (Lipinski definition) is 0. The summed E-state index contributed by atoms with van der Waals surface area (Å²) in [5, 5.41) is 4.76. The van der Waals surface area contributed by atoms with Gasteiger partial charge < -0.3 is 14.3 Å². The number of amides is 1. The highest BCUT2D eigenvalue weighted by atomic mass is 16.5. The number of fused-ring (bicyclic) bond motifs is 1. The summed E-state index contributed by atoms with van der Waals surface area (Å²) < 4.78 is 5.36. The van der Waals surface area contributed by atoms with Gasteiger partial charge in [0.1, 0.15) is 0 Å². The lowest BCUT2D eigenvalue weighted by atomic mass is 10.0. The van der Waals surface area contributed by atoms with Crippen LogP contribution in [0.25, 0.3) is 11.1 Å². The van der Waals surface area contributed by atoms with Crippen LogP contribution in [0.1, 0.15) is 47.1 Å². The molecule has 0 atom stereocenters. The predicted octanol–water partition coefficient (Wildman–Crippen LogP) is 3.93. The van der Waals surface area contributed by atoms with E-state index in [1.54, 1.807) is 0 Å². The summed E-state index contributed by atoms with van der Waals surface area (Å²) in [7, 11) is 0. The Morgan fingerprint density at radius 3 is 2.54 bits per heavy atom. The largest absolute Gasteiger partial charge is 0.368 e. The molecule has 2 aromatic heterocycles. The Labute approximate surface area is 165 Å². The molecule has 28 heavy (non-hydrogen) atoms. The van der Waals surface area contributed by atoms with Crippen LogP contribution in [0.4, 0.5) is 5.69 Å². The van der Waals surface area contributed by atoms with E-state index in [2.05, 4.69) is 60.1 Å². The zero-order valence-corrected chi connectivity index (χ0v) is 16.9. The van der Waals surface area contributed by atoms with Gasteiger partial charge in [-0.25, -0.2) is 4.98 Å². The lowest BCUT2D eigenvalue weighted by molar-refractivity contribution is 0.0748. The van der Waals surface area contributed by atoms with Crippen molar-refractivity contribution < 1.29 is 9.32 Å². The molecule has 1 amide bonds. The number of carbonyl (C=O) groups excluding carboxylic acids is 1. The van der Waals surface area contributed by atoms with Crippen molar-refractivity contribution in [3.63, 3.8) is 0 Å². The molecule has 0 spiro atoms. The smallest absolute Gasteiger partial charge is 0.259 e. The van der Waals surface area contributed by atoms with E-state index in [0.717, 1.165) is 24.2 Å². The molecule has 1 saturated heterocycles. The maximum absolute atomic E-state index is 13.3. The monoisotopic (exact) mass is 378 g/mol. The van der Waals surface area contributed by atoms with Crippen LogP contribution in [-0.4, -0.2) is 47.1 Å². The second-order valence-electron chi connectivity index (χ2n) is 7.82. The molecule has 6 heteroatoms. The third kappa shape index (κ3) is 3.35. The molecule has 0 radical (unpaired) electrons. The normalized spacial score (nSPS) is 14.9. The minimum absolute atomic E-state index is 0.0319. The Morgan fingerprint density at radius 2 is 1.86 bits per heavy atom. The molecule has 6 nitrogen and oxygen atoms in total. The van der Waals surface area contributed by atoms with Crippen molar-refractivity contribution in [2.24, 2.45) is 0 Å². The number of aryl methyl sites for hydroxylation is 2. The molecule has 3 aromatic rings. The number of hydrogen-bond acceptors (Lipinski definition) is 5. The molecule has 0 bridgehead atoms. The summed E-state index contributed by atoms with van der Waals surface area (Å²) in [6, 6.07) is 10.4. The summed E-state index contributed by atoms with van der Waals surface area (Å²) in [6.45, 7) is 11.1. The van der Waals surface area contributed by atoms with Crippen LogP contribution in [0, 0.1) is 13.8 Å². The molecule has 4 rings (SSSR count). The van der Waals surface area contributed by atoms with E-state index in [1.807, 2.05) is 17.9 Å². The first-order valence-electron chi connectivity index (χ1n) is 9.82. The minimum atomic E-state index is 0.0319. The topological polar surface area (TPSA) is 62.5 Å². The fraction of sp³-hybridized carbons (Fsp3) is 0.409. The predicted molar refractivity (Wildman–Crippen MR) is 110 cm³/mol. The summed E-state index contributed by atoms with van der Waals surface area (Å²) in [6.07, 6.45) is 0. The van der Waals surface area contributed by atoms with E-state index in [1.165, 1.54) is 11.3 Å². The van der Waals surface area contributed by atoms with Gasteiger partial charge in [-0.2, -0.15) is 0 Å². The zero-order valence-electron chi connectivity index (χ0n) is 16.9. The number of pyridine rings is 1. The van der Waals surface area contributed by atoms with Crippen LogP contribution in [0.5, 0.6) is 0 Å². The SMILES string of the molecule is Cc1cccc(N2CCN(C(=O)c3cc(C(C)C)nc4onc(C)c34)CC2)c1. The Morgan fingerprint density at radius 1 is 1.11 bits per heavy atom. The van der Waals surface area contributed by atoms with Gasteiger partial charge in [0, 0.05) is 37.6 Å². The standard InChI is InChI=1S/C22H26N4O2/c1-14(2)19-13-18(20-16(4)24-28-21(20)23-19)22(27)26-10-8-25(9-11-26)17-7-5-6-15(3)12-17/h5-7,12-14H,8-11H2,1-4H3. The number of piperazine rings is 1. The Bertz CT molecular complexity index is 1020. The molecule has 1 fully saturated rings. The second-order valence-corrected chi connectivity index (χ2v) is 7.82. The van der Waals surface area contributed by atoms with Gasteiger partial charge in [0.2, 0.25) is 0 Å². The van der Waals surface area contributed by atoms with Crippen LogP contribution >= 0.6 is 0 Å². The van der Waals surface area contributed by atoms with Crippen molar-refractivity contribution in [1.29, 1.82) is 0 Å². The van der Waals surface area contributed by atoms with E-state index in [0.29, 0.717) is 30.1 Å². The molecule has 0 unspecified atom stereocenters.